The summed E-state index contributed by atoms with van der Waals surface area (Å²) in [5.74, 6) is 0. The van der Waals surface area contributed by atoms with Gasteiger partial charge in [0, 0.05) is 12.2 Å². The number of aryl methyl sites for hydroxylation is 1. The Morgan fingerprint density at radius 3 is 2.92 bits per heavy atom. The summed E-state index contributed by atoms with van der Waals surface area (Å²) < 4.78 is 0. The van der Waals surface area contributed by atoms with Gasteiger partial charge in [0.15, 0.2) is 0 Å². The zero-order chi connectivity index (χ0) is 9.26. The molecule has 13 heavy (non-hydrogen) atoms. The normalized spacial score (nSPS) is 10.6. The number of hydrogen-bond donors (Lipinski definition) is 2. The fraction of sp³-hybridized carbons (Fsp3) is 0.200. The lowest BCUT2D eigenvalue weighted by Crippen LogP contribution is -1.95. The average Bonchev–Trinajstić information content (AvgIpc) is 2.71. The van der Waals surface area contributed by atoms with Crippen LogP contribution in [0, 0.1) is 6.92 Å². The second kappa shape index (κ2) is 3.36. The molecule has 3 N–H and O–H groups in total. The van der Waals surface area contributed by atoms with Crippen LogP contribution in [-0.4, -0.2) is 4.98 Å². The molecule has 0 saturated heterocycles. The van der Waals surface area contributed by atoms with Gasteiger partial charge in [0.05, 0.1) is 10.6 Å². The molecule has 0 aliphatic heterocycles. The van der Waals surface area contributed by atoms with Crippen LogP contribution >= 0.6 is 11.3 Å². The van der Waals surface area contributed by atoms with Crippen molar-refractivity contribution in [1.29, 1.82) is 0 Å². The van der Waals surface area contributed by atoms with E-state index in [0.29, 0.717) is 6.54 Å². The lowest BCUT2D eigenvalue weighted by molar-refractivity contribution is 1.04. The molecule has 0 amide bonds. The Kier molecular flexibility index (Phi) is 2.20. The van der Waals surface area contributed by atoms with Gasteiger partial charge in [0.25, 0.3) is 0 Å². The van der Waals surface area contributed by atoms with Gasteiger partial charge < -0.3 is 10.7 Å². The van der Waals surface area contributed by atoms with Crippen LogP contribution in [0.15, 0.2) is 23.6 Å². The molecule has 3 heteroatoms. The molecule has 2 rings (SSSR count). The van der Waals surface area contributed by atoms with Crippen LogP contribution in [0.1, 0.15) is 11.3 Å². The zero-order valence-corrected chi connectivity index (χ0v) is 8.32. The summed E-state index contributed by atoms with van der Waals surface area (Å²) in [6, 6.07) is 6.29. The summed E-state index contributed by atoms with van der Waals surface area (Å²) in [4.78, 5) is 4.59. The Balaban J connectivity index is 2.43. The lowest BCUT2D eigenvalue weighted by Gasteiger charge is -1.89. The highest BCUT2D eigenvalue weighted by molar-refractivity contribution is 7.13. The Morgan fingerprint density at radius 2 is 2.38 bits per heavy atom. The number of thiophene rings is 1. The summed E-state index contributed by atoms with van der Waals surface area (Å²) >= 11 is 1.74. The van der Waals surface area contributed by atoms with Gasteiger partial charge in [0.1, 0.15) is 0 Å². The molecule has 68 valence electrons. The van der Waals surface area contributed by atoms with Crippen LogP contribution in [-0.2, 0) is 6.54 Å². The van der Waals surface area contributed by atoms with Crippen molar-refractivity contribution in [2.24, 2.45) is 5.73 Å². The van der Waals surface area contributed by atoms with Gasteiger partial charge in [-0.3, -0.25) is 0 Å². The zero-order valence-electron chi connectivity index (χ0n) is 7.50. The SMILES string of the molecule is Cc1[nH]c(-c2cccs2)cc1CN. The molecule has 2 aromatic heterocycles. The predicted molar refractivity (Wildman–Crippen MR) is 56.7 cm³/mol. The van der Waals surface area contributed by atoms with Crippen molar-refractivity contribution in [3.8, 4) is 10.6 Å². The van der Waals surface area contributed by atoms with Crippen LogP contribution < -0.4 is 5.73 Å². The third-order valence-corrected chi connectivity index (χ3v) is 3.03. The molecular weight excluding hydrogens is 180 g/mol. The molecule has 0 spiro atoms. The predicted octanol–water partition coefficient (Wildman–Crippen LogP) is 2.51. The van der Waals surface area contributed by atoms with Crippen molar-refractivity contribution in [3.05, 3.63) is 34.8 Å². The fourth-order valence-corrected chi connectivity index (χ4v) is 2.08. The number of H-pyrrole nitrogens is 1. The van der Waals surface area contributed by atoms with E-state index in [1.165, 1.54) is 21.8 Å². The molecule has 0 bridgehead atoms. The maximum absolute atomic E-state index is 5.60. The molecule has 2 nitrogen and oxygen atoms in total. The first-order valence-corrected chi connectivity index (χ1v) is 5.11. The van der Waals surface area contributed by atoms with E-state index < -0.39 is 0 Å². The first-order valence-electron chi connectivity index (χ1n) is 4.23. The number of nitrogens with two attached hydrogens (primary N) is 1. The molecule has 0 unspecified atom stereocenters. The Morgan fingerprint density at radius 1 is 1.54 bits per heavy atom. The van der Waals surface area contributed by atoms with E-state index in [1.807, 2.05) is 0 Å². The summed E-state index contributed by atoms with van der Waals surface area (Å²) in [6.07, 6.45) is 0. The Labute approximate surface area is 81.4 Å². The number of rotatable bonds is 2. The second-order valence-corrected chi connectivity index (χ2v) is 3.96. The van der Waals surface area contributed by atoms with Crippen molar-refractivity contribution in [3.63, 3.8) is 0 Å². The first kappa shape index (κ1) is 8.53. The molecule has 0 saturated carbocycles. The molecule has 0 aliphatic rings. The van der Waals surface area contributed by atoms with Crippen molar-refractivity contribution < 1.29 is 0 Å². The maximum Gasteiger partial charge on any atom is 0.0560 e. The Bertz CT molecular complexity index is 387. The lowest BCUT2D eigenvalue weighted by atomic mass is 10.2. The summed E-state index contributed by atoms with van der Waals surface area (Å²) in [6.45, 7) is 2.66. The van der Waals surface area contributed by atoms with Gasteiger partial charge in [-0.15, -0.1) is 11.3 Å². The third-order valence-electron chi connectivity index (χ3n) is 2.13. The van der Waals surface area contributed by atoms with E-state index in [9.17, 15) is 0 Å². The van der Waals surface area contributed by atoms with E-state index in [1.54, 1.807) is 11.3 Å². The minimum absolute atomic E-state index is 0.605. The van der Waals surface area contributed by atoms with Gasteiger partial charge >= 0.3 is 0 Å². The molecule has 0 aliphatic carbocycles. The molecule has 2 heterocycles. The summed E-state index contributed by atoms with van der Waals surface area (Å²) in [5, 5.41) is 2.08. The van der Waals surface area contributed by atoms with Gasteiger partial charge in [-0.2, -0.15) is 0 Å². The van der Waals surface area contributed by atoms with E-state index in [0.717, 1.165) is 0 Å². The van der Waals surface area contributed by atoms with Gasteiger partial charge in [-0.1, -0.05) is 6.07 Å². The number of aromatic nitrogens is 1. The quantitative estimate of drug-likeness (QED) is 0.754. The van der Waals surface area contributed by atoms with Crippen molar-refractivity contribution in [1.82, 2.24) is 4.98 Å². The third kappa shape index (κ3) is 1.53. The van der Waals surface area contributed by atoms with Crippen LogP contribution in [0.5, 0.6) is 0 Å². The van der Waals surface area contributed by atoms with Crippen LogP contribution in [0.3, 0.4) is 0 Å². The smallest absolute Gasteiger partial charge is 0.0560 e. The number of hydrogen-bond acceptors (Lipinski definition) is 2. The number of aromatic amines is 1. The highest BCUT2D eigenvalue weighted by Gasteiger charge is 2.04. The van der Waals surface area contributed by atoms with E-state index in [-0.39, 0.29) is 0 Å². The number of nitrogens with one attached hydrogen (secondary N) is 1. The van der Waals surface area contributed by atoms with Crippen LogP contribution in [0.4, 0.5) is 0 Å². The second-order valence-electron chi connectivity index (χ2n) is 3.01. The largest absolute Gasteiger partial charge is 0.358 e. The summed E-state index contributed by atoms with van der Waals surface area (Å²) in [5.41, 5.74) is 9.14. The fourth-order valence-electron chi connectivity index (χ4n) is 1.38. The highest BCUT2D eigenvalue weighted by atomic mass is 32.1. The topological polar surface area (TPSA) is 41.8 Å². The highest BCUT2D eigenvalue weighted by Crippen LogP contribution is 2.25. The van der Waals surface area contributed by atoms with E-state index in [4.69, 9.17) is 5.73 Å². The molecule has 0 fully saturated rings. The Hall–Kier alpha value is -1.06. The standard InChI is InChI=1S/C10H12N2S/c1-7-8(6-11)5-9(12-7)10-3-2-4-13-10/h2-5,12H,6,11H2,1H3. The van der Waals surface area contributed by atoms with E-state index in [2.05, 4.69) is 35.5 Å². The molecule has 0 aromatic carbocycles. The average molecular weight is 192 g/mol. The molecule has 2 aromatic rings. The van der Waals surface area contributed by atoms with Gasteiger partial charge in [0.2, 0.25) is 0 Å². The van der Waals surface area contributed by atoms with Gasteiger partial charge in [-0.25, -0.2) is 0 Å². The van der Waals surface area contributed by atoms with Crippen molar-refractivity contribution in [2.45, 2.75) is 13.5 Å². The summed E-state index contributed by atoms with van der Waals surface area (Å²) in [7, 11) is 0. The van der Waals surface area contributed by atoms with Crippen molar-refractivity contribution >= 4 is 11.3 Å². The van der Waals surface area contributed by atoms with Crippen LogP contribution in [0.25, 0.3) is 10.6 Å². The minimum Gasteiger partial charge on any atom is -0.358 e. The molecular formula is C10H12N2S. The van der Waals surface area contributed by atoms with Crippen molar-refractivity contribution in [2.75, 3.05) is 0 Å². The molecule has 0 atom stereocenters. The van der Waals surface area contributed by atoms with Gasteiger partial charge in [-0.05, 0) is 30.0 Å². The molecule has 0 radical (unpaired) electrons. The van der Waals surface area contributed by atoms with E-state index >= 15 is 0 Å². The minimum atomic E-state index is 0.605. The maximum atomic E-state index is 5.60. The first-order chi connectivity index (χ1) is 6.31. The van der Waals surface area contributed by atoms with Crippen LogP contribution in [0.2, 0.25) is 0 Å². The monoisotopic (exact) mass is 192 g/mol.